The standard InChI is InChI=1S/C14H20N2O/c1-16(2)14(17)13-5-3-11(4-6-13)12-7-9-15-10-8-12/h3-6,12,15H,7-10H2,1-2H3. The van der Waals surface area contributed by atoms with E-state index in [0.29, 0.717) is 5.92 Å². The molecule has 1 N–H and O–H groups in total. The molecular formula is C14H20N2O. The Kier molecular flexibility index (Phi) is 3.79. The molecule has 1 saturated heterocycles. The van der Waals surface area contributed by atoms with Crippen molar-refractivity contribution in [3.05, 3.63) is 35.4 Å². The van der Waals surface area contributed by atoms with Crippen LogP contribution < -0.4 is 5.32 Å². The third-order valence-electron chi connectivity index (χ3n) is 3.37. The Morgan fingerprint density at radius 3 is 2.29 bits per heavy atom. The van der Waals surface area contributed by atoms with E-state index in [9.17, 15) is 4.79 Å². The normalized spacial score (nSPS) is 16.8. The number of piperidine rings is 1. The highest BCUT2D eigenvalue weighted by molar-refractivity contribution is 5.93. The number of hydrogen-bond acceptors (Lipinski definition) is 2. The average Bonchev–Trinajstić information content (AvgIpc) is 2.39. The number of nitrogens with zero attached hydrogens (tertiary/aromatic N) is 1. The maximum atomic E-state index is 11.7. The molecule has 1 fully saturated rings. The van der Waals surface area contributed by atoms with Crippen LogP contribution in [0.2, 0.25) is 0 Å². The van der Waals surface area contributed by atoms with Crippen LogP contribution in [0.15, 0.2) is 24.3 Å². The number of amides is 1. The molecule has 3 nitrogen and oxygen atoms in total. The molecule has 0 bridgehead atoms. The van der Waals surface area contributed by atoms with Crippen LogP contribution in [0.4, 0.5) is 0 Å². The van der Waals surface area contributed by atoms with E-state index in [1.54, 1.807) is 19.0 Å². The van der Waals surface area contributed by atoms with Crippen molar-refractivity contribution in [2.24, 2.45) is 0 Å². The quantitative estimate of drug-likeness (QED) is 0.844. The number of benzene rings is 1. The molecule has 1 aromatic rings. The van der Waals surface area contributed by atoms with Gasteiger partial charge in [-0.2, -0.15) is 0 Å². The summed E-state index contributed by atoms with van der Waals surface area (Å²) in [5, 5.41) is 3.37. The highest BCUT2D eigenvalue weighted by Gasteiger charge is 2.15. The van der Waals surface area contributed by atoms with Gasteiger partial charge in [-0.1, -0.05) is 12.1 Å². The molecule has 0 atom stereocenters. The second-order valence-electron chi connectivity index (χ2n) is 4.85. The number of rotatable bonds is 2. The maximum absolute atomic E-state index is 11.7. The first kappa shape index (κ1) is 12.1. The van der Waals surface area contributed by atoms with E-state index in [2.05, 4.69) is 17.4 Å². The summed E-state index contributed by atoms with van der Waals surface area (Å²) in [7, 11) is 3.56. The molecule has 0 unspecified atom stereocenters. The Bertz CT molecular complexity index is 378. The second-order valence-corrected chi connectivity index (χ2v) is 4.85. The molecule has 0 radical (unpaired) electrons. The summed E-state index contributed by atoms with van der Waals surface area (Å²) in [6, 6.07) is 8.10. The summed E-state index contributed by atoms with van der Waals surface area (Å²) in [6.45, 7) is 2.20. The maximum Gasteiger partial charge on any atom is 0.253 e. The molecule has 0 spiro atoms. The zero-order valence-corrected chi connectivity index (χ0v) is 10.6. The summed E-state index contributed by atoms with van der Waals surface area (Å²) in [5.41, 5.74) is 2.13. The fourth-order valence-electron chi connectivity index (χ4n) is 2.31. The molecule has 0 saturated carbocycles. The van der Waals surface area contributed by atoms with Gasteiger partial charge in [0, 0.05) is 19.7 Å². The SMILES string of the molecule is CN(C)C(=O)c1ccc(C2CCNCC2)cc1. The molecule has 1 aliphatic heterocycles. The van der Waals surface area contributed by atoms with Gasteiger partial charge in [-0.05, 0) is 49.5 Å². The van der Waals surface area contributed by atoms with Gasteiger partial charge >= 0.3 is 0 Å². The van der Waals surface area contributed by atoms with Crippen LogP contribution >= 0.6 is 0 Å². The summed E-state index contributed by atoms with van der Waals surface area (Å²) in [5.74, 6) is 0.724. The minimum Gasteiger partial charge on any atom is -0.345 e. The third-order valence-corrected chi connectivity index (χ3v) is 3.37. The van der Waals surface area contributed by atoms with Crippen LogP contribution in [0.25, 0.3) is 0 Å². The predicted octanol–water partition coefficient (Wildman–Crippen LogP) is 1.86. The smallest absolute Gasteiger partial charge is 0.253 e. The van der Waals surface area contributed by atoms with Crippen molar-refractivity contribution in [2.75, 3.05) is 27.2 Å². The molecule has 17 heavy (non-hydrogen) atoms. The minimum atomic E-state index is 0.0712. The lowest BCUT2D eigenvalue weighted by Gasteiger charge is -2.23. The van der Waals surface area contributed by atoms with Crippen molar-refractivity contribution >= 4 is 5.91 Å². The van der Waals surface area contributed by atoms with Gasteiger partial charge in [-0.3, -0.25) is 4.79 Å². The lowest BCUT2D eigenvalue weighted by atomic mass is 9.90. The van der Waals surface area contributed by atoms with Crippen LogP contribution in [-0.2, 0) is 0 Å². The molecule has 0 aromatic heterocycles. The van der Waals surface area contributed by atoms with E-state index in [4.69, 9.17) is 0 Å². The predicted molar refractivity (Wildman–Crippen MR) is 69.3 cm³/mol. The number of nitrogens with one attached hydrogen (secondary N) is 1. The Morgan fingerprint density at radius 1 is 1.18 bits per heavy atom. The Hall–Kier alpha value is -1.35. The summed E-state index contributed by atoms with van der Waals surface area (Å²) < 4.78 is 0. The van der Waals surface area contributed by atoms with Gasteiger partial charge in [-0.25, -0.2) is 0 Å². The summed E-state index contributed by atoms with van der Waals surface area (Å²) in [6.07, 6.45) is 2.39. The topological polar surface area (TPSA) is 32.3 Å². The van der Waals surface area contributed by atoms with Crippen molar-refractivity contribution in [2.45, 2.75) is 18.8 Å². The largest absolute Gasteiger partial charge is 0.345 e. The lowest BCUT2D eigenvalue weighted by Crippen LogP contribution is -2.26. The highest BCUT2D eigenvalue weighted by Crippen LogP contribution is 2.25. The van der Waals surface area contributed by atoms with Crippen molar-refractivity contribution in [1.29, 1.82) is 0 Å². The molecule has 0 aliphatic carbocycles. The number of carbonyl (C=O) groups excluding carboxylic acids is 1. The van der Waals surface area contributed by atoms with Crippen molar-refractivity contribution < 1.29 is 4.79 Å². The van der Waals surface area contributed by atoms with Crippen LogP contribution in [0.3, 0.4) is 0 Å². The van der Waals surface area contributed by atoms with E-state index in [1.807, 2.05) is 12.1 Å². The van der Waals surface area contributed by atoms with Gasteiger partial charge in [0.2, 0.25) is 0 Å². The summed E-state index contributed by atoms with van der Waals surface area (Å²) >= 11 is 0. The monoisotopic (exact) mass is 232 g/mol. The molecule has 2 rings (SSSR count). The van der Waals surface area contributed by atoms with Crippen LogP contribution in [-0.4, -0.2) is 38.0 Å². The number of carbonyl (C=O) groups is 1. The van der Waals surface area contributed by atoms with Gasteiger partial charge in [-0.15, -0.1) is 0 Å². The highest BCUT2D eigenvalue weighted by atomic mass is 16.2. The van der Waals surface area contributed by atoms with E-state index in [-0.39, 0.29) is 5.91 Å². The van der Waals surface area contributed by atoms with Crippen molar-refractivity contribution in [1.82, 2.24) is 10.2 Å². The fourth-order valence-corrected chi connectivity index (χ4v) is 2.31. The Balaban J connectivity index is 2.09. The third kappa shape index (κ3) is 2.86. The van der Waals surface area contributed by atoms with Gasteiger partial charge in [0.05, 0.1) is 0 Å². The zero-order chi connectivity index (χ0) is 12.3. The van der Waals surface area contributed by atoms with E-state index < -0.39 is 0 Å². The Labute approximate surface area is 103 Å². The number of hydrogen-bond donors (Lipinski definition) is 1. The second kappa shape index (κ2) is 5.32. The van der Waals surface area contributed by atoms with Crippen LogP contribution in [0.1, 0.15) is 34.7 Å². The van der Waals surface area contributed by atoms with Crippen LogP contribution in [0.5, 0.6) is 0 Å². The van der Waals surface area contributed by atoms with Gasteiger partial charge in [0.15, 0.2) is 0 Å². The summed E-state index contributed by atoms with van der Waals surface area (Å²) in [4.78, 5) is 13.4. The van der Waals surface area contributed by atoms with E-state index >= 15 is 0 Å². The van der Waals surface area contributed by atoms with Gasteiger partial charge in [0.1, 0.15) is 0 Å². The first-order valence-corrected chi connectivity index (χ1v) is 6.21. The average molecular weight is 232 g/mol. The molecule has 1 heterocycles. The lowest BCUT2D eigenvalue weighted by molar-refractivity contribution is 0.0827. The first-order valence-electron chi connectivity index (χ1n) is 6.21. The van der Waals surface area contributed by atoms with Crippen LogP contribution in [0, 0.1) is 0 Å². The molecule has 1 amide bonds. The van der Waals surface area contributed by atoms with Crippen molar-refractivity contribution in [3.8, 4) is 0 Å². The zero-order valence-electron chi connectivity index (χ0n) is 10.6. The molecule has 1 aliphatic rings. The molecule has 92 valence electrons. The van der Waals surface area contributed by atoms with Gasteiger partial charge < -0.3 is 10.2 Å². The molecule has 1 aromatic carbocycles. The van der Waals surface area contributed by atoms with Crippen molar-refractivity contribution in [3.63, 3.8) is 0 Å². The fraction of sp³-hybridized carbons (Fsp3) is 0.500. The molecular weight excluding hydrogens is 212 g/mol. The molecule has 3 heteroatoms. The van der Waals surface area contributed by atoms with E-state index in [1.165, 1.54) is 18.4 Å². The van der Waals surface area contributed by atoms with Gasteiger partial charge in [0.25, 0.3) is 5.91 Å². The minimum absolute atomic E-state index is 0.0712. The van der Waals surface area contributed by atoms with E-state index in [0.717, 1.165) is 18.7 Å². The Morgan fingerprint density at radius 2 is 1.76 bits per heavy atom. The first-order chi connectivity index (χ1) is 8.18.